The fourth-order valence-corrected chi connectivity index (χ4v) is 9.50. The zero-order valence-corrected chi connectivity index (χ0v) is 31.7. The minimum Gasteiger partial charge on any atom is -0.0620 e. The minimum absolute atomic E-state index is 0.142. The zero-order chi connectivity index (χ0) is 36.1. The van der Waals surface area contributed by atoms with Gasteiger partial charge in [0.2, 0.25) is 0 Å². The fourth-order valence-electron chi connectivity index (χ4n) is 9.50. The van der Waals surface area contributed by atoms with Gasteiger partial charge in [0.05, 0.1) is 0 Å². The summed E-state index contributed by atoms with van der Waals surface area (Å²) in [4.78, 5) is 0. The van der Waals surface area contributed by atoms with Crippen molar-refractivity contribution in [3.8, 4) is 66.8 Å². The van der Waals surface area contributed by atoms with Crippen LogP contribution in [0.4, 0.5) is 0 Å². The van der Waals surface area contributed by atoms with Gasteiger partial charge >= 0.3 is 0 Å². The van der Waals surface area contributed by atoms with Crippen molar-refractivity contribution in [3.63, 3.8) is 0 Å². The van der Waals surface area contributed by atoms with Crippen molar-refractivity contribution < 1.29 is 0 Å². The first-order valence-corrected chi connectivity index (χ1v) is 18.8. The highest BCUT2D eigenvalue weighted by molar-refractivity contribution is 5.93. The molecule has 7 aromatic rings. The van der Waals surface area contributed by atoms with Crippen LogP contribution in [0.25, 0.3) is 66.8 Å². The van der Waals surface area contributed by atoms with Gasteiger partial charge in [-0.2, -0.15) is 0 Å². The first-order chi connectivity index (χ1) is 24.9. The highest BCUT2D eigenvalue weighted by Gasteiger charge is 2.45. The fraction of sp³-hybridized carbons (Fsp3) is 0.192. The highest BCUT2D eigenvalue weighted by Crippen LogP contribution is 2.59. The predicted molar refractivity (Wildman–Crippen MR) is 222 cm³/mol. The maximum atomic E-state index is 2.48. The van der Waals surface area contributed by atoms with Crippen LogP contribution in [0.15, 0.2) is 133 Å². The average Bonchev–Trinajstić information content (AvgIpc) is 3.51. The van der Waals surface area contributed by atoms with Gasteiger partial charge < -0.3 is 0 Å². The Morgan fingerprint density at radius 2 is 0.615 bits per heavy atom. The molecule has 254 valence electrons. The SMILES string of the molecule is Cc1ccccc1-c1cc(-c2ccc3c(c2)C(C)(C)c2c-3ccc3c2C(C)(C)c2cc(-c4ccc(C)c(-c5ccccc5C)c4)ccc2-3)ccc1C. The molecule has 0 heteroatoms. The Bertz CT molecular complexity index is 2420. The van der Waals surface area contributed by atoms with Crippen LogP contribution in [0.2, 0.25) is 0 Å². The summed E-state index contributed by atoms with van der Waals surface area (Å²) in [6.07, 6.45) is 0. The molecule has 0 saturated carbocycles. The molecule has 0 unspecified atom stereocenters. The normalized spacial score (nSPS) is 14.5. The molecule has 0 aliphatic heterocycles. The molecule has 0 bridgehead atoms. The van der Waals surface area contributed by atoms with Gasteiger partial charge in [0, 0.05) is 10.8 Å². The Morgan fingerprint density at radius 3 is 1.02 bits per heavy atom. The van der Waals surface area contributed by atoms with E-state index in [9.17, 15) is 0 Å². The van der Waals surface area contributed by atoms with Crippen molar-refractivity contribution in [2.24, 2.45) is 0 Å². The molecule has 0 heterocycles. The van der Waals surface area contributed by atoms with Crippen molar-refractivity contribution in [2.45, 2.75) is 66.2 Å². The van der Waals surface area contributed by atoms with Gasteiger partial charge in [0.25, 0.3) is 0 Å². The molecule has 0 amide bonds. The maximum Gasteiger partial charge on any atom is 0.0162 e. The van der Waals surface area contributed by atoms with Gasteiger partial charge in [0.15, 0.2) is 0 Å². The third kappa shape index (κ3) is 4.73. The molecule has 2 aliphatic carbocycles. The van der Waals surface area contributed by atoms with E-state index in [2.05, 4.69) is 189 Å². The lowest BCUT2D eigenvalue weighted by Crippen LogP contribution is -2.24. The van der Waals surface area contributed by atoms with Crippen molar-refractivity contribution in [1.29, 1.82) is 0 Å². The Kier molecular flexibility index (Phi) is 7.19. The van der Waals surface area contributed by atoms with Crippen molar-refractivity contribution in [3.05, 3.63) is 178 Å². The lowest BCUT2D eigenvalue weighted by atomic mass is 9.72. The first-order valence-electron chi connectivity index (χ1n) is 18.8. The van der Waals surface area contributed by atoms with E-state index >= 15 is 0 Å². The summed E-state index contributed by atoms with van der Waals surface area (Å²) in [6.45, 7) is 18.6. The third-order valence-electron chi connectivity index (χ3n) is 12.4. The van der Waals surface area contributed by atoms with Gasteiger partial charge in [-0.05, 0) is 163 Å². The van der Waals surface area contributed by atoms with E-state index in [0.29, 0.717) is 0 Å². The largest absolute Gasteiger partial charge is 0.0620 e. The van der Waals surface area contributed by atoms with E-state index < -0.39 is 0 Å². The van der Waals surface area contributed by atoms with Crippen molar-refractivity contribution in [2.75, 3.05) is 0 Å². The molecule has 7 aromatic carbocycles. The predicted octanol–water partition coefficient (Wildman–Crippen LogP) is 14.2. The zero-order valence-electron chi connectivity index (χ0n) is 31.7. The maximum absolute atomic E-state index is 2.48. The van der Waals surface area contributed by atoms with Crippen LogP contribution in [0.1, 0.15) is 72.2 Å². The van der Waals surface area contributed by atoms with Crippen LogP contribution in [-0.2, 0) is 10.8 Å². The van der Waals surface area contributed by atoms with Crippen LogP contribution in [0.5, 0.6) is 0 Å². The van der Waals surface area contributed by atoms with E-state index in [1.807, 2.05) is 0 Å². The van der Waals surface area contributed by atoms with Crippen LogP contribution in [0.3, 0.4) is 0 Å². The molecule has 52 heavy (non-hydrogen) atoms. The van der Waals surface area contributed by atoms with Crippen LogP contribution >= 0.6 is 0 Å². The Hall–Kier alpha value is -5.46. The molecular formula is C52H46. The molecule has 0 saturated heterocycles. The summed E-state index contributed by atoms with van der Waals surface area (Å²) in [5, 5.41) is 0. The number of hydrogen-bond donors (Lipinski definition) is 0. The van der Waals surface area contributed by atoms with E-state index in [4.69, 9.17) is 0 Å². The summed E-state index contributed by atoms with van der Waals surface area (Å²) < 4.78 is 0. The number of benzene rings is 7. The lowest BCUT2D eigenvalue weighted by Gasteiger charge is -2.31. The summed E-state index contributed by atoms with van der Waals surface area (Å²) in [6, 6.07) is 50.6. The lowest BCUT2D eigenvalue weighted by molar-refractivity contribution is 0.601. The Morgan fingerprint density at radius 1 is 0.288 bits per heavy atom. The van der Waals surface area contributed by atoms with E-state index in [-0.39, 0.29) is 10.8 Å². The highest BCUT2D eigenvalue weighted by atomic mass is 14.5. The summed E-state index contributed by atoms with van der Waals surface area (Å²) in [5.41, 5.74) is 26.6. The quantitative estimate of drug-likeness (QED) is 0.175. The van der Waals surface area contributed by atoms with Crippen molar-refractivity contribution >= 4 is 0 Å². The van der Waals surface area contributed by atoms with E-state index in [1.54, 1.807) is 0 Å². The topological polar surface area (TPSA) is 0 Å². The number of rotatable bonds is 4. The standard InChI is InChI=1S/C52H46/c1-31-13-9-11-15-39(31)45-27-35(19-17-33(45)3)37-21-23-41-43-25-26-44-42-24-22-38(36-20-18-34(4)46(28-36)40-16-12-10-14-32(40)2)30-48(42)52(7,8)50(44)49(43)51(5,6)47(41)29-37/h9-30H,1-8H3. The number of aryl methyl sites for hydroxylation is 4. The minimum atomic E-state index is -0.142. The van der Waals surface area contributed by atoms with Crippen LogP contribution in [-0.4, -0.2) is 0 Å². The summed E-state index contributed by atoms with van der Waals surface area (Å²) in [5.74, 6) is 0. The van der Waals surface area contributed by atoms with Crippen LogP contribution < -0.4 is 0 Å². The Balaban J connectivity index is 1.12. The van der Waals surface area contributed by atoms with Gasteiger partial charge in [-0.25, -0.2) is 0 Å². The van der Waals surface area contributed by atoms with Gasteiger partial charge in [0.1, 0.15) is 0 Å². The van der Waals surface area contributed by atoms with Crippen molar-refractivity contribution in [1.82, 2.24) is 0 Å². The molecule has 0 N–H and O–H groups in total. The third-order valence-corrected chi connectivity index (χ3v) is 12.4. The second-order valence-corrected chi connectivity index (χ2v) is 16.4. The van der Waals surface area contributed by atoms with Gasteiger partial charge in [-0.3, -0.25) is 0 Å². The molecule has 0 nitrogen and oxygen atoms in total. The second kappa shape index (κ2) is 11.5. The van der Waals surface area contributed by atoms with Gasteiger partial charge in [-0.1, -0.05) is 137 Å². The summed E-state index contributed by atoms with van der Waals surface area (Å²) >= 11 is 0. The van der Waals surface area contributed by atoms with Crippen LogP contribution in [0, 0.1) is 27.7 Å². The molecular weight excluding hydrogens is 625 g/mol. The molecule has 0 fully saturated rings. The molecule has 2 aliphatic rings. The summed E-state index contributed by atoms with van der Waals surface area (Å²) in [7, 11) is 0. The Labute approximate surface area is 309 Å². The second-order valence-electron chi connectivity index (χ2n) is 16.4. The molecule has 0 aromatic heterocycles. The average molecular weight is 671 g/mol. The smallest absolute Gasteiger partial charge is 0.0162 e. The monoisotopic (exact) mass is 670 g/mol. The number of hydrogen-bond acceptors (Lipinski definition) is 0. The molecule has 0 spiro atoms. The van der Waals surface area contributed by atoms with E-state index in [0.717, 1.165) is 0 Å². The number of fused-ring (bicyclic) bond motifs is 7. The molecule has 9 rings (SSSR count). The molecule has 0 atom stereocenters. The molecule has 0 radical (unpaired) electrons. The van der Waals surface area contributed by atoms with Gasteiger partial charge in [-0.15, -0.1) is 0 Å². The van der Waals surface area contributed by atoms with E-state index in [1.165, 1.54) is 111 Å². The first kappa shape index (κ1) is 32.4.